The largest absolute Gasteiger partial charge is 0.396 e. The van der Waals surface area contributed by atoms with Crippen molar-refractivity contribution in [2.45, 2.75) is 69.9 Å². The Hall–Kier alpha value is -0.610. The molecular formula is C15H28N2O2. The standard InChI is InChI=1S/C15H28N2O2/c16-13-7-5-12(6-8-13)11-15(19)17(9-2-10-18)14-3-1-4-14/h12-14,18H,1-11,16H2. The molecule has 2 aliphatic carbocycles. The number of aliphatic hydroxyl groups is 1. The normalized spacial score (nSPS) is 27.9. The maximum Gasteiger partial charge on any atom is 0.223 e. The van der Waals surface area contributed by atoms with Gasteiger partial charge >= 0.3 is 0 Å². The monoisotopic (exact) mass is 268 g/mol. The van der Waals surface area contributed by atoms with Gasteiger partial charge in [-0.2, -0.15) is 0 Å². The molecule has 0 saturated heterocycles. The highest BCUT2D eigenvalue weighted by Gasteiger charge is 2.30. The van der Waals surface area contributed by atoms with E-state index in [0.717, 1.165) is 45.1 Å². The van der Waals surface area contributed by atoms with Gasteiger partial charge in [0, 0.05) is 31.7 Å². The van der Waals surface area contributed by atoms with Crippen molar-refractivity contribution in [2.75, 3.05) is 13.2 Å². The minimum absolute atomic E-state index is 0.175. The number of rotatable bonds is 6. The first kappa shape index (κ1) is 14.8. The second kappa shape index (κ2) is 7.25. The van der Waals surface area contributed by atoms with Crippen LogP contribution >= 0.6 is 0 Å². The first-order valence-electron chi connectivity index (χ1n) is 7.86. The molecule has 19 heavy (non-hydrogen) atoms. The molecule has 1 amide bonds. The molecule has 4 nitrogen and oxygen atoms in total. The van der Waals surface area contributed by atoms with Gasteiger partial charge in [-0.15, -0.1) is 0 Å². The van der Waals surface area contributed by atoms with Crippen molar-refractivity contribution in [3.8, 4) is 0 Å². The van der Waals surface area contributed by atoms with E-state index in [4.69, 9.17) is 10.8 Å². The summed E-state index contributed by atoms with van der Waals surface area (Å²) < 4.78 is 0. The Morgan fingerprint density at radius 1 is 1.16 bits per heavy atom. The maximum atomic E-state index is 12.4. The van der Waals surface area contributed by atoms with Crippen LogP contribution in [0, 0.1) is 5.92 Å². The summed E-state index contributed by atoms with van der Waals surface area (Å²) in [5.74, 6) is 0.836. The maximum absolute atomic E-state index is 12.4. The lowest BCUT2D eigenvalue weighted by molar-refractivity contribution is -0.136. The highest BCUT2D eigenvalue weighted by Crippen LogP contribution is 2.29. The molecule has 0 bridgehead atoms. The molecule has 0 atom stereocenters. The Labute approximate surface area is 116 Å². The summed E-state index contributed by atoms with van der Waals surface area (Å²) in [6, 6.07) is 0.799. The van der Waals surface area contributed by atoms with Crippen LogP contribution in [0.5, 0.6) is 0 Å². The second-order valence-corrected chi connectivity index (χ2v) is 6.23. The summed E-state index contributed by atoms with van der Waals surface area (Å²) in [5.41, 5.74) is 5.91. The molecular weight excluding hydrogens is 240 g/mol. The number of amides is 1. The van der Waals surface area contributed by atoms with E-state index in [1.54, 1.807) is 0 Å². The third-order valence-corrected chi connectivity index (χ3v) is 4.75. The van der Waals surface area contributed by atoms with Crippen LogP contribution in [0.25, 0.3) is 0 Å². The molecule has 2 fully saturated rings. The molecule has 3 N–H and O–H groups in total. The summed E-state index contributed by atoms with van der Waals surface area (Å²) in [7, 11) is 0. The van der Waals surface area contributed by atoms with Crippen LogP contribution in [0.4, 0.5) is 0 Å². The van der Waals surface area contributed by atoms with Gasteiger partial charge in [0.15, 0.2) is 0 Å². The van der Waals surface area contributed by atoms with E-state index in [2.05, 4.69) is 0 Å². The minimum atomic E-state index is 0.175. The van der Waals surface area contributed by atoms with Crippen LogP contribution in [0.1, 0.15) is 57.8 Å². The van der Waals surface area contributed by atoms with Crippen LogP contribution < -0.4 is 5.73 Å². The topological polar surface area (TPSA) is 66.6 Å². The predicted octanol–water partition coefficient (Wildman–Crippen LogP) is 1.66. The zero-order valence-corrected chi connectivity index (χ0v) is 11.9. The average molecular weight is 268 g/mol. The SMILES string of the molecule is NC1CCC(CC(=O)N(CCCO)C2CCC2)CC1. The third-order valence-electron chi connectivity index (χ3n) is 4.75. The van der Waals surface area contributed by atoms with Gasteiger partial charge in [-0.1, -0.05) is 0 Å². The van der Waals surface area contributed by atoms with Crippen molar-refractivity contribution in [3.05, 3.63) is 0 Å². The number of nitrogens with two attached hydrogens (primary N) is 1. The lowest BCUT2D eigenvalue weighted by Gasteiger charge is -2.38. The highest BCUT2D eigenvalue weighted by atomic mass is 16.3. The quantitative estimate of drug-likeness (QED) is 0.770. The zero-order valence-electron chi connectivity index (χ0n) is 11.9. The van der Waals surface area contributed by atoms with Gasteiger partial charge in [0.25, 0.3) is 0 Å². The first-order chi connectivity index (χ1) is 9.20. The number of aliphatic hydroxyl groups excluding tert-OH is 1. The minimum Gasteiger partial charge on any atom is -0.396 e. The van der Waals surface area contributed by atoms with Crippen molar-refractivity contribution >= 4 is 5.91 Å². The molecule has 0 aromatic rings. The molecule has 0 aliphatic heterocycles. The van der Waals surface area contributed by atoms with Gasteiger partial charge in [-0.3, -0.25) is 4.79 Å². The Morgan fingerprint density at radius 3 is 2.37 bits per heavy atom. The first-order valence-corrected chi connectivity index (χ1v) is 7.86. The third kappa shape index (κ3) is 4.18. The van der Waals surface area contributed by atoms with Crippen molar-refractivity contribution in [1.29, 1.82) is 0 Å². The molecule has 2 aliphatic rings. The molecule has 0 heterocycles. The van der Waals surface area contributed by atoms with Gasteiger partial charge < -0.3 is 15.7 Å². The van der Waals surface area contributed by atoms with Gasteiger partial charge in [0.05, 0.1) is 0 Å². The van der Waals surface area contributed by atoms with E-state index in [1.807, 2.05) is 4.90 Å². The number of nitrogens with zero attached hydrogens (tertiary/aromatic N) is 1. The van der Waals surface area contributed by atoms with E-state index in [0.29, 0.717) is 36.8 Å². The van der Waals surface area contributed by atoms with Gasteiger partial charge in [0.2, 0.25) is 5.91 Å². The number of carbonyl (C=O) groups excluding carboxylic acids is 1. The predicted molar refractivity (Wildman–Crippen MR) is 75.6 cm³/mol. The Kier molecular flexibility index (Phi) is 5.64. The molecule has 0 unspecified atom stereocenters. The summed E-state index contributed by atoms with van der Waals surface area (Å²) in [6.07, 6.45) is 9.27. The molecule has 2 saturated carbocycles. The van der Waals surface area contributed by atoms with Crippen LogP contribution in [-0.4, -0.2) is 41.1 Å². The summed E-state index contributed by atoms with van der Waals surface area (Å²) in [5, 5.41) is 8.97. The Balaban J connectivity index is 1.80. The molecule has 4 heteroatoms. The molecule has 110 valence electrons. The smallest absolute Gasteiger partial charge is 0.223 e. The summed E-state index contributed by atoms with van der Waals surface area (Å²) in [4.78, 5) is 14.5. The van der Waals surface area contributed by atoms with Crippen LogP contribution in [0.3, 0.4) is 0 Å². The molecule has 0 aromatic heterocycles. The van der Waals surface area contributed by atoms with Crippen molar-refractivity contribution in [3.63, 3.8) is 0 Å². The van der Waals surface area contributed by atoms with E-state index in [9.17, 15) is 4.79 Å². The van der Waals surface area contributed by atoms with Crippen molar-refractivity contribution in [1.82, 2.24) is 4.90 Å². The fourth-order valence-corrected chi connectivity index (χ4v) is 3.21. The summed E-state index contributed by atoms with van der Waals surface area (Å²) in [6.45, 7) is 0.904. The van der Waals surface area contributed by atoms with Crippen molar-refractivity contribution in [2.24, 2.45) is 11.7 Å². The Bertz CT molecular complexity index is 284. The van der Waals surface area contributed by atoms with Crippen molar-refractivity contribution < 1.29 is 9.90 Å². The van der Waals surface area contributed by atoms with E-state index in [-0.39, 0.29) is 6.61 Å². The Morgan fingerprint density at radius 2 is 1.84 bits per heavy atom. The van der Waals surface area contributed by atoms with Gasteiger partial charge in [-0.05, 0) is 57.3 Å². The zero-order chi connectivity index (χ0) is 13.7. The van der Waals surface area contributed by atoms with E-state index >= 15 is 0 Å². The van der Waals surface area contributed by atoms with Crippen LogP contribution in [0.2, 0.25) is 0 Å². The summed E-state index contributed by atoms with van der Waals surface area (Å²) >= 11 is 0. The van der Waals surface area contributed by atoms with E-state index < -0.39 is 0 Å². The van der Waals surface area contributed by atoms with Crippen LogP contribution in [-0.2, 0) is 4.79 Å². The van der Waals surface area contributed by atoms with Gasteiger partial charge in [0.1, 0.15) is 0 Å². The number of hydrogen-bond acceptors (Lipinski definition) is 3. The molecule has 0 aromatic carbocycles. The average Bonchev–Trinajstić information content (AvgIpc) is 2.34. The molecule has 2 rings (SSSR count). The second-order valence-electron chi connectivity index (χ2n) is 6.23. The lowest BCUT2D eigenvalue weighted by Crippen LogP contribution is -2.45. The fraction of sp³-hybridized carbons (Fsp3) is 0.933. The number of carbonyl (C=O) groups is 1. The highest BCUT2D eigenvalue weighted by molar-refractivity contribution is 5.77. The molecule has 0 spiro atoms. The van der Waals surface area contributed by atoms with Crippen LogP contribution in [0.15, 0.2) is 0 Å². The fourth-order valence-electron chi connectivity index (χ4n) is 3.21. The van der Waals surface area contributed by atoms with E-state index in [1.165, 1.54) is 6.42 Å². The van der Waals surface area contributed by atoms with Gasteiger partial charge in [-0.25, -0.2) is 0 Å². The number of hydrogen-bond donors (Lipinski definition) is 2. The lowest BCUT2D eigenvalue weighted by atomic mass is 9.83. The molecule has 0 radical (unpaired) electrons.